The van der Waals surface area contributed by atoms with Gasteiger partial charge in [-0.2, -0.15) is 0 Å². The second kappa shape index (κ2) is 4.26. The number of benzene rings is 1. The van der Waals surface area contributed by atoms with Gasteiger partial charge in [0.15, 0.2) is 0 Å². The van der Waals surface area contributed by atoms with Gasteiger partial charge in [-0.25, -0.2) is 0 Å². The Morgan fingerprint density at radius 1 is 1.43 bits per heavy atom. The van der Waals surface area contributed by atoms with Crippen LogP contribution in [0.5, 0.6) is 0 Å². The predicted octanol–water partition coefficient (Wildman–Crippen LogP) is 3.36. The molecule has 1 aliphatic carbocycles. The zero-order valence-electron chi connectivity index (χ0n) is 8.00. The minimum atomic E-state index is 0.282. The maximum atomic E-state index is 11.5. The summed E-state index contributed by atoms with van der Waals surface area (Å²) in [5.74, 6) is 0.731. The highest BCUT2D eigenvalue weighted by Crippen LogP contribution is 2.25. The third kappa shape index (κ3) is 2.24. The maximum absolute atomic E-state index is 11.5. The highest BCUT2D eigenvalue weighted by molar-refractivity contribution is 9.10. The SMILES string of the molecule is O=C1CCCC1Cc1cccc(Br)c1. The molecular weight excluding hydrogens is 240 g/mol. The summed E-state index contributed by atoms with van der Waals surface area (Å²) in [4.78, 5) is 11.5. The summed E-state index contributed by atoms with van der Waals surface area (Å²) < 4.78 is 1.10. The van der Waals surface area contributed by atoms with E-state index in [1.54, 1.807) is 0 Å². The van der Waals surface area contributed by atoms with Crippen LogP contribution < -0.4 is 0 Å². The fraction of sp³-hybridized carbons (Fsp3) is 0.417. The number of rotatable bonds is 2. The summed E-state index contributed by atoms with van der Waals surface area (Å²) in [7, 11) is 0. The summed E-state index contributed by atoms with van der Waals surface area (Å²) in [6, 6.07) is 8.24. The molecule has 1 aliphatic rings. The van der Waals surface area contributed by atoms with Crippen molar-refractivity contribution in [1.29, 1.82) is 0 Å². The molecule has 1 fully saturated rings. The Morgan fingerprint density at radius 2 is 2.29 bits per heavy atom. The van der Waals surface area contributed by atoms with E-state index in [1.165, 1.54) is 5.56 Å². The molecule has 0 saturated heterocycles. The molecule has 1 aromatic rings. The first-order chi connectivity index (χ1) is 6.75. The predicted molar refractivity (Wildman–Crippen MR) is 60.2 cm³/mol. The van der Waals surface area contributed by atoms with E-state index in [0.717, 1.165) is 30.2 Å². The summed E-state index contributed by atoms with van der Waals surface area (Å²) in [5, 5.41) is 0. The Morgan fingerprint density at radius 3 is 2.93 bits per heavy atom. The largest absolute Gasteiger partial charge is 0.299 e. The summed E-state index contributed by atoms with van der Waals surface area (Å²) in [6.45, 7) is 0. The Kier molecular flexibility index (Phi) is 3.02. The fourth-order valence-electron chi connectivity index (χ4n) is 2.05. The van der Waals surface area contributed by atoms with Crippen molar-refractivity contribution in [1.82, 2.24) is 0 Å². The number of hydrogen-bond acceptors (Lipinski definition) is 1. The second-order valence-electron chi connectivity index (χ2n) is 3.89. The lowest BCUT2D eigenvalue weighted by atomic mass is 9.97. The average molecular weight is 253 g/mol. The lowest BCUT2D eigenvalue weighted by Crippen LogP contribution is -2.09. The lowest BCUT2D eigenvalue weighted by Gasteiger charge is -2.07. The Hall–Kier alpha value is -0.630. The van der Waals surface area contributed by atoms with Crippen LogP contribution in [0, 0.1) is 5.92 Å². The molecule has 1 saturated carbocycles. The monoisotopic (exact) mass is 252 g/mol. The van der Waals surface area contributed by atoms with Crippen LogP contribution in [-0.2, 0) is 11.2 Å². The van der Waals surface area contributed by atoms with Gasteiger partial charge in [0.2, 0.25) is 0 Å². The maximum Gasteiger partial charge on any atom is 0.136 e. The molecule has 0 heterocycles. The standard InChI is InChI=1S/C12H13BrO/c13-11-5-1-3-9(8-11)7-10-4-2-6-12(10)14/h1,3,5,8,10H,2,4,6-7H2. The topological polar surface area (TPSA) is 17.1 Å². The molecule has 1 atom stereocenters. The quantitative estimate of drug-likeness (QED) is 0.789. The van der Waals surface area contributed by atoms with Crippen molar-refractivity contribution >= 4 is 21.7 Å². The molecule has 0 aliphatic heterocycles. The van der Waals surface area contributed by atoms with Crippen LogP contribution in [0.1, 0.15) is 24.8 Å². The average Bonchev–Trinajstić information content (AvgIpc) is 2.52. The van der Waals surface area contributed by atoms with Gasteiger partial charge in [0.25, 0.3) is 0 Å². The minimum absolute atomic E-state index is 0.282. The number of ketones is 1. The molecule has 2 heteroatoms. The Balaban J connectivity index is 2.07. The van der Waals surface area contributed by atoms with E-state index < -0.39 is 0 Å². The number of carbonyl (C=O) groups is 1. The van der Waals surface area contributed by atoms with E-state index in [1.807, 2.05) is 12.1 Å². The Bertz CT molecular complexity index is 346. The molecule has 14 heavy (non-hydrogen) atoms. The molecular formula is C12H13BrO. The smallest absolute Gasteiger partial charge is 0.136 e. The third-order valence-corrected chi connectivity index (χ3v) is 3.30. The summed E-state index contributed by atoms with van der Waals surface area (Å²) in [5.41, 5.74) is 1.26. The van der Waals surface area contributed by atoms with Crippen molar-refractivity contribution in [3.63, 3.8) is 0 Å². The molecule has 0 radical (unpaired) electrons. The van der Waals surface area contributed by atoms with Crippen molar-refractivity contribution in [2.75, 3.05) is 0 Å². The number of carbonyl (C=O) groups excluding carboxylic acids is 1. The van der Waals surface area contributed by atoms with Crippen LogP contribution in [0.3, 0.4) is 0 Å². The van der Waals surface area contributed by atoms with Gasteiger partial charge < -0.3 is 0 Å². The Labute approximate surface area is 92.6 Å². The normalized spacial score (nSPS) is 21.5. The van der Waals surface area contributed by atoms with Gasteiger partial charge in [-0.1, -0.05) is 28.1 Å². The van der Waals surface area contributed by atoms with Crippen molar-refractivity contribution in [2.24, 2.45) is 5.92 Å². The van der Waals surface area contributed by atoms with Crippen molar-refractivity contribution in [3.05, 3.63) is 34.3 Å². The number of hydrogen-bond donors (Lipinski definition) is 0. The summed E-state index contributed by atoms with van der Waals surface area (Å²) in [6.07, 6.45) is 3.86. The van der Waals surface area contributed by atoms with E-state index in [9.17, 15) is 4.79 Å². The van der Waals surface area contributed by atoms with Gasteiger partial charge in [-0.15, -0.1) is 0 Å². The highest BCUT2D eigenvalue weighted by atomic mass is 79.9. The van der Waals surface area contributed by atoms with E-state index in [-0.39, 0.29) is 5.92 Å². The zero-order valence-corrected chi connectivity index (χ0v) is 9.59. The first-order valence-corrected chi connectivity index (χ1v) is 5.82. The molecule has 0 N–H and O–H groups in total. The molecule has 2 rings (SSSR count). The van der Waals surface area contributed by atoms with Crippen LogP contribution in [0.15, 0.2) is 28.7 Å². The lowest BCUT2D eigenvalue weighted by molar-refractivity contribution is -0.120. The minimum Gasteiger partial charge on any atom is -0.299 e. The van der Waals surface area contributed by atoms with Crippen molar-refractivity contribution in [3.8, 4) is 0 Å². The molecule has 1 nitrogen and oxygen atoms in total. The van der Waals surface area contributed by atoms with Gasteiger partial charge in [-0.05, 0) is 37.0 Å². The molecule has 1 unspecified atom stereocenters. The molecule has 0 spiro atoms. The number of Topliss-reactive ketones (excluding diaryl/α,β-unsaturated/α-hetero) is 1. The van der Waals surface area contributed by atoms with Crippen LogP contribution in [0.2, 0.25) is 0 Å². The van der Waals surface area contributed by atoms with Crippen LogP contribution >= 0.6 is 15.9 Å². The second-order valence-corrected chi connectivity index (χ2v) is 4.81. The molecule has 74 valence electrons. The molecule has 1 aromatic carbocycles. The van der Waals surface area contributed by atoms with E-state index in [2.05, 4.69) is 28.1 Å². The first kappa shape index (κ1) is 9.91. The molecule has 0 aromatic heterocycles. The first-order valence-electron chi connectivity index (χ1n) is 5.03. The fourth-order valence-corrected chi connectivity index (χ4v) is 2.50. The molecule has 0 amide bonds. The van der Waals surface area contributed by atoms with Crippen molar-refractivity contribution < 1.29 is 4.79 Å². The summed E-state index contributed by atoms with van der Waals surface area (Å²) >= 11 is 3.44. The van der Waals surface area contributed by atoms with Crippen molar-refractivity contribution in [2.45, 2.75) is 25.7 Å². The van der Waals surface area contributed by atoms with Gasteiger partial charge in [0, 0.05) is 16.8 Å². The zero-order chi connectivity index (χ0) is 9.97. The number of halogens is 1. The van der Waals surface area contributed by atoms with Gasteiger partial charge in [0.1, 0.15) is 5.78 Å². The van der Waals surface area contributed by atoms with Gasteiger partial charge >= 0.3 is 0 Å². The van der Waals surface area contributed by atoms with E-state index in [4.69, 9.17) is 0 Å². The third-order valence-electron chi connectivity index (χ3n) is 2.80. The molecule has 0 bridgehead atoms. The van der Waals surface area contributed by atoms with Crippen LogP contribution in [0.4, 0.5) is 0 Å². The van der Waals surface area contributed by atoms with Gasteiger partial charge in [0.05, 0.1) is 0 Å². The van der Waals surface area contributed by atoms with Gasteiger partial charge in [-0.3, -0.25) is 4.79 Å². The highest BCUT2D eigenvalue weighted by Gasteiger charge is 2.24. The van der Waals surface area contributed by atoms with Crippen LogP contribution in [0.25, 0.3) is 0 Å². The van der Waals surface area contributed by atoms with Crippen LogP contribution in [-0.4, -0.2) is 5.78 Å². The van der Waals surface area contributed by atoms with E-state index in [0.29, 0.717) is 5.78 Å². The van der Waals surface area contributed by atoms with E-state index >= 15 is 0 Å².